The minimum Gasteiger partial charge on any atom is -0.326 e. The van der Waals surface area contributed by atoms with Gasteiger partial charge in [0.25, 0.3) is 0 Å². The highest BCUT2D eigenvalue weighted by Gasteiger charge is 2.30. The van der Waals surface area contributed by atoms with Crippen LogP contribution in [0.5, 0.6) is 0 Å². The van der Waals surface area contributed by atoms with E-state index in [-0.39, 0.29) is 0 Å². The molecule has 3 N–H and O–H groups in total. The van der Waals surface area contributed by atoms with Gasteiger partial charge in [0.15, 0.2) is 0 Å². The van der Waals surface area contributed by atoms with Crippen LogP contribution in [0.1, 0.15) is 25.8 Å². The summed E-state index contributed by atoms with van der Waals surface area (Å²) in [6, 6.07) is 7.20. The predicted octanol–water partition coefficient (Wildman–Crippen LogP) is 1.78. The molecule has 1 aliphatic heterocycles. The van der Waals surface area contributed by atoms with Crippen molar-refractivity contribution < 1.29 is 8.42 Å². The van der Waals surface area contributed by atoms with Crippen molar-refractivity contribution in [2.24, 2.45) is 17.6 Å². The van der Waals surface area contributed by atoms with Crippen LogP contribution in [0.15, 0.2) is 24.3 Å². The Hall–Kier alpha value is -1.11. The lowest BCUT2D eigenvalue weighted by atomic mass is 9.94. The minimum atomic E-state index is -3.48. The van der Waals surface area contributed by atoms with Gasteiger partial charge in [-0.1, -0.05) is 26.0 Å². The summed E-state index contributed by atoms with van der Waals surface area (Å²) >= 11 is 0. The Morgan fingerprint density at radius 3 is 2.55 bits per heavy atom. The summed E-state index contributed by atoms with van der Waals surface area (Å²) in [7, 11) is -3.48. The van der Waals surface area contributed by atoms with Crippen molar-refractivity contribution in [1.29, 1.82) is 0 Å². The van der Waals surface area contributed by atoms with Gasteiger partial charge < -0.3 is 5.73 Å². The zero-order valence-corrected chi connectivity index (χ0v) is 12.9. The number of benzene rings is 1. The highest BCUT2D eigenvalue weighted by atomic mass is 32.2. The van der Waals surface area contributed by atoms with Crippen LogP contribution in [0.4, 0.5) is 5.69 Å². The van der Waals surface area contributed by atoms with Gasteiger partial charge in [-0.05, 0) is 36.0 Å². The van der Waals surface area contributed by atoms with Crippen molar-refractivity contribution in [3.63, 3.8) is 0 Å². The summed E-state index contributed by atoms with van der Waals surface area (Å²) in [4.78, 5) is 0. The third-order valence-electron chi connectivity index (χ3n) is 3.58. The van der Waals surface area contributed by atoms with Gasteiger partial charge in [0, 0.05) is 19.6 Å². The Labute approximate surface area is 121 Å². The van der Waals surface area contributed by atoms with E-state index in [9.17, 15) is 8.42 Å². The molecule has 2 rings (SSSR count). The molecular weight excluding hydrogens is 274 g/mol. The molecule has 20 heavy (non-hydrogen) atoms. The van der Waals surface area contributed by atoms with Crippen molar-refractivity contribution in [2.75, 3.05) is 17.8 Å². The second-order valence-electron chi connectivity index (χ2n) is 5.77. The molecule has 0 bridgehead atoms. The van der Waals surface area contributed by atoms with Crippen molar-refractivity contribution in [3.8, 4) is 0 Å². The van der Waals surface area contributed by atoms with E-state index in [0.29, 0.717) is 37.2 Å². The Bertz CT molecular complexity index is 549. The van der Waals surface area contributed by atoms with E-state index in [1.165, 1.54) is 0 Å². The summed E-state index contributed by atoms with van der Waals surface area (Å²) in [5.74, 6) is 0.788. The van der Waals surface area contributed by atoms with Crippen molar-refractivity contribution >= 4 is 15.9 Å². The van der Waals surface area contributed by atoms with Gasteiger partial charge >= 0.3 is 10.2 Å². The van der Waals surface area contributed by atoms with E-state index in [0.717, 1.165) is 12.0 Å². The molecule has 6 heteroatoms. The molecule has 1 heterocycles. The third kappa shape index (κ3) is 3.71. The average Bonchev–Trinajstić information content (AvgIpc) is 2.37. The van der Waals surface area contributed by atoms with E-state index in [4.69, 9.17) is 5.73 Å². The molecule has 5 nitrogen and oxygen atoms in total. The van der Waals surface area contributed by atoms with Crippen molar-refractivity contribution in [2.45, 2.75) is 26.8 Å². The molecule has 0 saturated carbocycles. The normalized spacial score (nSPS) is 24.6. The number of rotatable bonds is 4. The first-order valence-electron chi connectivity index (χ1n) is 6.97. The van der Waals surface area contributed by atoms with Crippen molar-refractivity contribution in [1.82, 2.24) is 4.31 Å². The molecule has 1 aromatic carbocycles. The number of anilines is 1. The molecule has 1 aliphatic rings. The molecular formula is C14H23N3O2S. The maximum absolute atomic E-state index is 12.4. The smallest absolute Gasteiger partial charge is 0.301 e. The lowest BCUT2D eigenvalue weighted by Gasteiger charge is -2.34. The zero-order chi connectivity index (χ0) is 14.8. The number of piperidine rings is 1. The minimum absolute atomic E-state index is 0.394. The van der Waals surface area contributed by atoms with E-state index in [1.54, 1.807) is 16.4 Å². The lowest BCUT2D eigenvalue weighted by molar-refractivity contribution is 0.223. The van der Waals surface area contributed by atoms with Crippen LogP contribution in [-0.4, -0.2) is 25.8 Å². The topological polar surface area (TPSA) is 75.4 Å². The molecule has 112 valence electrons. The molecule has 0 amide bonds. The van der Waals surface area contributed by atoms with Gasteiger partial charge in [-0.3, -0.25) is 4.72 Å². The molecule has 2 unspecified atom stereocenters. The van der Waals surface area contributed by atoms with Crippen LogP contribution in [-0.2, 0) is 16.8 Å². The largest absolute Gasteiger partial charge is 0.326 e. The Morgan fingerprint density at radius 1 is 1.30 bits per heavy atom. The summed E-state index contributed by atoms with van der Waals surface area (Å²) in [6.45, 7) is 5.74. The number of nitrogens with two attached hydrogens (primary N) is 1. The van der Waals surface area contributed by atoms with Gasteiger partial charge in [0.05, 0.1) is 5.69 Å². The summed E-state index contributed by atoms with van der Waals surface area (Å²) in [6.07, 6.45) is 1.08. The average molecular weight is 297 g/mol. The van der Waals surface area contributed by atoms with Gasteiger partial charge in [-0.15, -0.1) is 0 Å². The lowest BCUT2D eigenvalue weighted by Crippen LogP contribution is -2.45. The number of hydrogen-bond donors (Lipinski definition) is 2. The standard InChI is InChI=1S/C14H23N3O2S/c1-11-6-12(2)10-17(9-11)20(18,19)16-14-5-3-4-13(7-14)8-15/h3-5,7,11-12,16H,6,8-10,15H2,1-2H3. The molecule has 1 aromatic rings. The molecule has 1 fully saturated rings. The van der Waals surface area contributed by atoms with E-state index >= 15 is 0 Å². The van der Waals surface area contributed by atoms with E-state index < -0.39 is 10.2 Å². The second-order valence-corrected chi connectivity index (χ2v) is 7.45. The zero-order valence-electron chi connectivity index (χ0n) is 12.0. The molecule has 0 radical (unpaired) electrons. The summed E-state index contributed by atoms with van der Waals surface area (Å²) in [5, 5.41) is 0. The summed E-state index contributed by atoms with van der Waals surface area (Å²) in [5.41, 5.74) is 7.05. The van der Waals surface area contributed by atoms with Crippen LogP contribution in [0, 0.1) is 11.8 Å². The highest BCUT2D eigenvalue weighted by Crippen LogP contribution is 2.24. The van der Waals surface area contributed by atoms with Gasteiger partial charge in [-0.2, -0.15) is 12.7 Å². The van der Waals surface area contributed by atoms with Crippen LogP contribution in [0.25, 0.3) is 0 Å². The van der Waals surface area contributed by atoms with Crippen LogP contribution >= 0.6 is 0 Å². The maximum atomic E-state index is 12.4. The summed E-state index contributed by atoms with van der Waals surface area (Å²) < 4.78 is 29.0. The quantitative estimate of drug-likeness (QED) is 0.889. The first kappa shape index (κ1) is 15.3. The number of nitrogens with one attached hydrogen (secondary N) is 1. The highest BCUT2D eigenvalue weighted by molar-refractivity contribution is 7.90. The fourth-order valence-electron chi connectivity index (χ4n) is 2.78. The van der Waals surface area contributed by atoms with Gasteiger partial charge in [0.2, 0.25) is 0 Å². The Kier molecular flexibility index (Phi) is 4.67. The van der Waals surface area contributed by atoms with Crippen LogP contribution < -0.4 is 10.5 Å². The van der Waals surface area contributed by atoms with E-state index in [2.05, 4.69) is 18.6 Å². The Morgan fingerprint density at radius 2 is 1.95 bits per heavy atom. The fourth-order valence-corrected chi connectivity index (χ4v) is 4.23. The first-order chi connectivity index (χ1) is 9.40. The first-order valence-corrected chi connectivity index (χ1v) is 8.41. The van der Waals surface area contributed by atoms with Crippen LogP contribution in [0.2, 0.25) is 0 Å². The molecule has 0 aliphatic carbocycles. The molecule has 0 aromatic heterocycles. The number of hydrogen-bond acceptors (Lipinski definition) is 3. The monoisotopic (exact) mass is 297 g/mol. The molecule has 1 saturated heterocycles. The second kappa shape index (κ2) is 6.11. The molecule has 2 atom stereocenters. The maximum Gasteiger partial charge on any atom is 0.301 e. The van der Waals surface area contributed by atoms with E-state index in [1.807, 2.05) is 12.1 Å². The Balaban J connectivity index is 2.14. The van der Waals surface area contributed by atoms with Gasteiger partial charge in [-0.25, -0.2) is 0 Å². The SMILES string of the molecule is CC1CC(C)CN(S(=O)(=O)Nc2cccc(CN)c2)C1. The molecule has 0 spiro atoms. The van der Waals surface area contributed by atoms with Crippen LogP contribution in [0.3, 0.4) is 0 Å². The third-order valence-corrected chi connectivity index (χ3v) is 5.06. The fraction of sp³-hybridized carbons (Fsp3) is 0.571. The number of nitrogens with zero attached hydrogens (tertiary/aromatic N) is 1. The predicted molar refractivity (Wildman–Crippen MR) is 81.4 cm³/mol. The van der Waals surface area contributed by atoms with Crippen molar-refractivity contribution in [3.05, 3.63) is 29.8 Å². The van der Waals surface area contributed by atoms with Gasteiger partial charge in [0.1, 0.15) is 0 Å².